The van der Waals surface area contributed by atoms with E-state index in [1.807, 2.05) is 24.3 Å². The van der Waals surface area contributed by atoms with Crippen LogP contribution in [-0.4, -0.2) is 117 Å². The summed E-state index contributed by atoms with van der Waals surface area (Å²) in [6, 6.07) is 15.8. The summed E-state index contributed by atoms with van der Waals surface area (Å²) in [5.41, 5.74) is 13.7. The van der Waals surface area contributed by atoms with Crippen LogP contribution in [0.15, 0.2) is 48.5 Å². The van der Waals surface area contributed by atoms with Crippen molar-refractivity contribution in [2.24, 2.45) is 11.5 Å². The fourth-order valence-corrected chi connectivity index (χ4v) is 4.78. The highest BCUT2D eigenvalue weighted by molar-refractivity contribution is 5.74. The van der Waals surface area contributed by atoms with Crippen LogP contribution in [0.1, 0.15) is 49.7 Å². The number of nitrogens with two attached hydrogens (primary N) is 2. The van der Waals surface area contributed by atoms with E-state index in [4.69, 9.17) is 39.9 Å². The Hall–Kier alpha value is -3.66. The van der Waals surface area contributed by atoms with Gasteiger partial charge >= 0.3 is 12.1 Å². The van der Waals surface area contributed by atoms with Gasteiger partial charge in [0.05, 0.1) is 52.9 Å². The van der Waals surface area contributed by atoms with Gasteiger partial charge in [-0.25, -0.2) is 9.59 Å². The highest BCUT2D eigenvalue weighted by atomic mass is 16.5. The molecule has 0 aliphatic heterocycles. The Morgan fingerprint density at radius 2 is 0.769 bits per heavy atom. The van der Waals surface area contributed by atoms with Gasteiger partial charge in [-0.05, 0) is 99.8 Å². The predicted molar refractivity (Wildman–Crippen MR) is 203 cm³/mol. The zero-order chi connectivity index (χ0) is 37.2. The molecule has 0 unspecified atom stereocenters. The number of benzene rings is 2. The first-order valence-corrected chi connectivity index (χ1v) is 18.8. The average Bonchev–Trinajstić information content (AvgIpc) is 3.16. The van der Waals surface area contributed by atoms with Gasteiger partial charge in [0.2, 0.25) is 0 Å². The van der Waals surface area contributed by atoms with Gasteiger partial charge in [-0.1, -0.05) is 24.3 Å². The van der Waals surface area contributed by atoms with Crippen LogP contribution in [0.3, 0.4) is 0 Å². The summed E-state index contributed by atoms with van der Waals surface area (Å²) in [4.78, 5) is 23.8. The van der Waals surface area contributed by atoms with E-state index < -0.39 is 0 Å². The van der Waals surface area contributed by atoms with Gasteiger partial charge in [-0.3, -0.25) is 0 Å². The second kappa shape index (κ2) is 32.0. The molecule has 0 aliphatic carbocycles. The molecule has 0 atom stereocenters. The lowest BCUT2D eigenvalue weighted by Crippen LogP contribution is -2.39. The van der Waals surface area contributed by atoms with Crippen molar-refractivity contribution in [1.82, 2.24) is 21.3 Å². The van der Waals surface area contributed by atoms with E-state index in [2.05, 4.69) is 45.5 Å². The summed E-state index contributed by atoms with van der Waals surface area (Å²) in [7, 11) is 0. The number of urea groups is 2. The number of nitrogens with one attached hydrogen (secondary N) is 4. The average molecular weight is 733 g/mol. The van der Waals surface area contributed by atoms with Crippen LogP contribution >= 0.6 is 0 Å². The van der Waals surface area contributed by atoms with Gasteiger partial charge < -0.3 is 61.2 Å². The van der Waals surface area contributed by atoms with Gasteiger partial charge in [0.15, 0.2) is 0 Å². The minimum atomic E-state index is -0.249. The molecule has 0 aliphatic rings. The molecule has 0 heterocycles. The van der Waals surface area contributed by atoms with E-state index in [0.717, 1.165) is 76.0 Å². The molecular formula is C38H64N6O8. The Balaban J connectivity index is 1.26. The molecule has 0 fully saturated rings. The van der Waals surface area contributed by atoms with E-state index in [9.17, 15) is 9.59 Å². The smallest absolute Gasteiger partial charge is 0.314 e. The van der Waals surface area contributed by atoms with E-state index in [0.29, 0.717) is 92.2 Å². The van der Waals surface area contributed by atoms with Crippen molar-refractivity contribution in [2.45, 2.75) is 51.4 Å². The Bertz CT molecular complexity index is 1050. The first-order chi connectivity index (χ1) is 25.6. The third kappa shape index (κ3) is 25.3. The Morgan fingerprint density at radius 3 is 1.15 bits per heavy atom. The Labute approximate surface area is 310 Å². The summed E-state index contributed by atoms with van der Waals surface area (Å²) in [6.45, 7) is 7.73. The lowest BCUT2D eigenvalue weighted by Gasteiger charge is -2.10. The second-order valence-electron chi connectivity index (χ2n) is 12.0. The van der Waals surface area contributed by atoms with Crippen LogP contribution in [0, 0.1) is 0 Å². The van der Waals surface area contributed by atoms with Crippen molar-refractivity contribution in [3.05, 3.63) is 59.7 Å². The zero-order valence-corrected chi connectivity index (χ0v) is 31.0. The minimum absolute atomic E-state index is 0.249. The van der Waals surface area contributed by atoms with Crippen molar-refractivity contribution >= 4 is 12.1 Å². The molecular weight excluding hydrogens is 668 g/mol. The molecule has 0 bridgehead atoms. The third-order valence-corrected chi connectivity index (χ3v) is 7.66. The molecule has 0 radical (unpaired) electrons. The topological polar surface area (TPSA) is 190 Å². The van der Waals surface area contributed by atoms with Crippen molar-refractivity contribution in [3.8, 4) is 11.5 Å². The number of unbranched alkanes of at least 4 members (excludes halogenated alkanes) is 3. The number of hydrogen-bond donors (Lipinski definition) is 6. The van der Waals surface area contributed by atoms with Crippen molar-refractivity contribution in [3.63, 3.8) is 0 Å². The molecule has 0 spiro atoms. The third-order valence-electron chi connectivity index (χ3n) is 7.66. The highest BCUT2D eigenvalue weighted by Crippen LogP contribution is 2.15. The molecule has 8 N–H and O–H groups in total. The van der Waals surface area contributed by atoms with Gasteiger partial charge in [-0.15, -0.1) is 0 Å². The molecule has 14 heteroatoms. The standard InChI is InChI=1S/C38H64N6O8/c39-17-3-1-7-33-9-13-35(14-10-33)51-31-29-49-27-25-47-23-21-43-37(45)41-19-5-6-20-42-38(46)44-22-24-48-26-28-50-30-32-52-36-15-11-34(12-16-36)8-2-4-18-40/h9-16H,1-8,17-32,39-40H2,(H2,41,43,45)(H2,42,44,46). The molecule has 0 saturated carbocycles. The zero-order valence-electron chi connectivity index (χ0n) is 31.0. The SMILES string of the molecule is NCCCCc1ccc(OCCOCCOCCNC(=O)NCCCCNC(=O)NCCOCCOCCOc2ccc(CCCCN)cc2)cc1. The molecule has 0 aromatic heterocycles. The highest BCUT2D eigenvalue weighted by Gasteiger charge is 2.02. The fraction of sp³-hybridized carbons (Fsp3) is 0.632. The summed E-state index contributed by atoms with van der Waals surface area (Å²) >= 11 is 0. The summed E-state index contributed by atoms with van der Waals surface area (Å²) < 4.78 is 33.4. The lowest BCUT2D eigenvalue weighted by molar-refractivity contribution is 0.0377. The maximum atomic E-state index is 11.9. The van der Waals surface area contributed by atoms with Crippen LogP contribution in [0.4, 0.5) is 9.59 Å². The molecule has 4 amide bonds. The van der Waals surface area contributed by atoms with E-state index in [1.165, 1.54) is 11.1 Å². The molecule has 294 valence electrons. The molecule has 2 aromatic rings. The summed E-state index contributed by atoms with van der Waals surface area (Å²) in [6.07, 6.45) is 7.82. The van der Waals surface area contributed by atoms with Crippen LogP contribution in [-0.2, 0) is 31.8 Å². The maximum Gasteiger partial charge on any atom is 0.314 e. The Kier molecular flexibility index (Phi) is 27.4. The lowest BCUT2D eigenvalue weighted by atomic mass is 10.1. The number of carbonyl (C=O) groups excluding carboxylic acids is 2. The first kappa shape index (κ1) is 44.5. The molecule has 52 heavy (non-hydrogen) atoms. The quantitative estimate of drug-likeness (QED) is 0.0595. The first-order valence-electron chi connectivity index (χ1n) is 18.8. The number of hydrogen-bond acceptors (Lipinski definition) is 10. The predicted octanol–water partition coefficient (Wildman–Crippen LogP) is 3.15. The fourth-order valence-electron chi connectivity index (χ4n) is 4.78. The molecule has 14 nitrogen and oxygen atoms in total. The number of ether oxygens (including phenoxy) is 6. The van der Waals surface area contributed by atoms with Crippen LogP contribution < -0.4 is 42.2 Å². The van der Waals surface area contributed by atoms with Crippen molar-refractivity contribution in [2.75, 3.05) is 105 Å². The number of carbonyl (C=O) groups is 2. The minimum Gasteiger partial charge on any atom is -0.491 e. The molecule has 2 aromatic carbocycles. The maximum absolute atomic E-state index is 11.9. The molecule has 0 saturated heterocycles. The van der Waals surface area contributed by atoms with E-state index >= 15 is 0 Å². The Morgan fingerprint density at radius 1 is 0.423 bits per heavy atom. The molecule has 2 rings (SSSR count). The summed E-state index contributed by atoms with van der Waals surface area (Å²) in [5.74, 6) is 1.65. The van der Waals surface area contributed by atoms with Crippen LogP contribution in [0.25, 0.3) is 0 Å². The number of aryl methyl sites for hydroxylation is 2. The van der Waals surface area contributed by atoms with Gasteiger partial charge in [0.25, 0.3) is 0 Å². The number of amides is 4. The largest absolute Gasteiger partial charge is 0.491 e. The monoisotopic (exact) mass is 732 g/mol. The van der Waals surface area contributed by atoms with Crippen LogP contribution in [0.5, 0.6) is 11.5 Å². The van der Waals surface area contributed by atoms with Crippen molar-refractivity contribution < 1.29 is 38.0 Å². The van der Waals surface area contributed by atoms with E-state index in [1.54, 1.807) is 0 Å². The summed E-state index contributed by atoms with van der Waals surface area (Å²) in [5, 5.41) is 11.1. The second-order valence-corrected chi connectivity index (χ2v) is 12.0. The normalized spacial score (nSPS) is 10.9. The van der Waals surface area contributed by atoms with Gasteiger partial charge in [0.1, 0.15) is 24.7 Å². The van der Waals surface area contributed by atoms with Crippen LogP contribution in [0.2, 0.25) is 0 Å². The van der Waals surface area contributed by atoms with Gasteiger partial charge in [-0.2, -0.15) is 0 Å². The van der Waals surface area contributed by atoms with E-state index in [-0.39, 0.29) is 12.1 Å². The van der Waals surface area contributed by atoms with Crippen molar-refractivity contribution in [1.29, 1.82) is 0 Å². The number of rotatable bonds is 33. The van der Waals surface area contributed by atoms with Gasteiger partial charge in [0, 0.05) is 26.2 Å².